The van der Waals surface area contributed by atoms with Crippen LogP contribution in [0.15, 0.2) is 34.9 Å². The van der Waals surface area contributed by atoms with Crippen molar-refractivity contribution in [1.29, 1.82) is 0 Å². The Labute approximate surface area is 115 Å². The van der Waals surface area contributed by atoms with Gasteiger partial charge in [-0.3, -0.25) is 4.68 Å². The summed E-state index contributed by atoms with van der Waals surface area (Å²) in [5.41, 5.74) is 8.36. The van der Waals surface area contributed by atoms with Crippen molar-refractivity contribution in [3.8, 4) is 5.75 Å². The normalized spacial score (nSPS) is 12.4. The number of nitrogens with zero attached hydrogens (tertiary/aromatic N) is 2. The SMILES string of the molecule is COc1ccc(Br)c(CC(N)c2ccnn2C)c1. The lowest BCUT2D eigenvalue weighted by Crippen LogP contribution is -2.17. The Hall–Kier alpha value is -1.33. The van der Waals surface area contributed by atoms with Crippen LogP contribution in [0, 0.1) is 0 Å². The molecule has 0 bridgehead atoms. The third-order valence-corrected chi connectivity index (χ3v) is 3.71. The molecule has 0 aliphatic heterocycles. The van der Waals surface area contributed by atoms with Gasteiger partial charge in [-0.15, -0.1) is 0 Å². The van der Waals surface area contributed by atoms with Crippen LogP contribution in [-0.2, 0) is 13.5 Å². The van der Waals surface area contributed by atoms with Gasteiger partial charge in [-0.25, -0.2) is 0 Å². The third-order valence-electron chi connectivity index (χ3n) is 2.93. The molecule has 4 nitrogen and oxygen atoms in total. The van der Waals surface area contributed by atoms with Crippen molar-refractivity contribution in [2.45, 2.75) is 12.5 Å². The summed E-state index contributed by atoms with van der Waals surface area (Å²) in [6, 6.07) is 7.76. The highest BCUT2D eigenvalue weighted by molar-refractivity contribution is 9.10. The van der Waals surface area contributed by atoms with E-state index in [0.29, 0.717) is 0 Å². The minimum atomic E-state index is -0.0825. The molecule has 0 aliphatic rings. The summed E-state index contributed by atoms with van der Waals surface area (Å²) in [5.74, 6) is 0.838. The molecule has 0 radical (unpaired) electrons. The molecule has 1 atom stereocenters. The van der Waals surface area contributed by atoms with Gasteiger partial charge in [-0.05, 0) is 36.2 Å². The van der Waals surface area contributed by atoms with Gasteiger partial charge in [0.1, 0.15) is 5.75 Å². The van der Waals surface area contributed by atoms with Gasteiger partial charge in [0, 0.05) is 17.7 Å². The second-order valence-electron chi connectivity index (χ2n) is 4.15. The topological polar surface area (TPSA) is 53.1 Å². The van der Waals surface area contributed by atoms with Crippen molar-refractivity contribution in [1.82, 2.24) is 9.78 Å². The van der Waals surface area contributed by atoms with E-state index in [1.54, 1.807) is 18.0 Å². The molecule has 96 valence electrons. The molecule has 1 aromatic heterocycles. The lowest BCUT2D eigenvalue weighted by atomic mass is 10.0. The highest BCUT2D eigenvalue weighted by Gasteiger charge is 2.13. The van der Waals surface area contributed by atoms with Crippen LogP contribution in [0.3, 0.4) is 0 Å². The number of aromatic nitrogens is 2. The van der Waals surface area contributed by atoms with E-state index >= 15 is 0 Å². The van der Waals surface area contributed by atoms with Crippen molar-refractivity contribution < 1.29 is 4.74 Å². The Morgan fingerprint density at radius 1 is 1.44 bits per heavy atom. The van der Waals surface area contributed by atoms with E-state index in [9.17, 15) is 0 Å². The standard InChI is InChI=1S/C13H16BrN3O/c1-17-13(5-6-16-17)12(15)8-9-7-10(18-2)3-4-11(9)14/h3-7,12H,8,15H2,1-2H3. The number of ether oxygens (including phenoxy) is 1. The van der Waals surface area contributed by atoms with Crippen LogP contribution >= 0.6 is 15.9 Å². The van der Waals surface area contributed by atoms with E-state index in [1.807, 2.05) is 31.3 Å². The van der Waals surface area contributed by atoms with Gasteiger partial charge in [0.25, 0.3) is 0 Å². The first kappa shape index (κ1) is 13.1. The van der Waals surface area contributed by atoms with Crippen LogP contribution in [0.2, 0.25) is 0 Å². The van der Waals surface area contributed by atoms with Crippen LogP contribution < -0.4 is 10.5 Å². The van der Waals surface area contributed by atoms with E-state index in [1.165, 1.54) is 0 Å². The number of halogens is 1. The van der Waals surface area contributed by atoms with Crippen LogP contribution in [0.4, 0.5) is 0 Å². The highest BCUT2D eigenvalue weighted by Crippen LogP contribution is 2.26. The molecular formula is C13H16BrN3O. The molecular weight excluding hydrogens is 294 g/mol. The van der Waals surface area contributed by atoms with E-state index in [2.05, 4.69) is 21.0 Å². The summed E-state index contributed by atoms with van der Waals surface area (Å²) in [6.07, 6.45) is 2.49. The number of hydrogen-bond acceptors (Lipinski definition) is 3. The second-order valence-corrected chi connectivity index (χ2v) is 5.00. The maximum Gasteiger partial charge on any atom is 0.119 e. The number of hydrogen-bond donors (Lipinski definition) is 1. The van der Waals surface area contributed by atoms with Crippen LogP contribution in [-0.4, -0.2) is 16.9 Å². The number of nitrogens with two attached hydrogens (primary N) is 1. The Morgan fingerprint density at radius 2 is 2.22 bits per heavy atom. The van der Waals surface area contributed by atoms with Gasteiger partial charge in [-0.1, -0.05) is 15.9 Å². The molecule has 0 fully saturated rings. The Bertz CT molecular complexity index is 539. The van der Waals surface area contributed by atoms with Gasteiger partial charge in [-0.2, -0.15) is 5.10 Å². The summed E-state index contributed by atoms with van der Waals surface area (Å²) < 4.78 is 8.07. The van der Waals surface area contributed by atoms with Gasteiger partial charge < -0.3 is 10.5 Å². The van der Waals surface area contributed by atoms with Gasteiger partial charge in [0.05, 0.1) is 18.8 Å². The fourth-order valence-electron chi connectivity index (χ4n) is 1.92. The van der Waals surface area contributed by atoms with E-state index in [4.69, 9.17) is 10.5 Å². The molecule has 18 heavy (non-hydrogen) atoms. The maximum atomic E-state index is 6.21. The van der Waals surface area contributed by atoms with Crippen molar-refractivity contribution in [2.24, 2.45) is 12.8 Å². The lowest BCUT2D eigenvalue weighted by molar-refractivity contribution is 0.414. The Balaban J connectivity index is 2.21. The predicted octanol–water partition coefficient (Wildman–Crippen LogP) is 2.43. The zero-order chi connectivity index (χ0) is 13.1. The summed E-state index contributed by atoms with van der Waals surface area (Å²) in [7, 11) is 3.56. The monoisotopic (exact) mass is 309 g/mol. The molecule has 2 rings (SSSR count). The van der Waals surface area contributed by atoms with Crippen molar-refractivity contribution in [3.05, 3.63) is 46.2 Å². The molecule has 0 saturated carbocycles. The first-order valence-corrected chi connectivity index (χ1v) is 6.47. The summed E-state index contributed by atoms with van der Waals surface area (Å²) in [4.78, 5) is 0. The summed E-state index contributed by atoms with van der Waals surface area (Å²) >= 11 is 3.54. The zero-order valence-corrected chi connectivity index (χ0v) is 12.0. The van der Waals surface area contributed by atoms with Gasteiger partial charge >= 0.3 is 0 Å². The smallest absolute Gasteiger partial charge is 0.119 e. The predicted molar refractivity (Wildman–Crippen MR) is 74.5 cm³/mol. The van der Waals surface area contributed by atoms with Crippen LogP contribution in [0.1, 0.15) is 17.3 Å². The second kappa shape index (κ2) is 5.54. The molecule has 0 aliphatic carbocycles. The zero-order valence-electron chi connectivity index (χ0n) is 10.4. The highest BCUT2D eigenvalue weighted by atomic mass is 79.9. The minimum absolute atomic E-state index is 0.0825. The molecule has 0 saturated heterocycles. The Kier molecular flexibility index (Phi) is 4.04. The molecule has 1 aromatic carbocycles. The molecule has 0 amide bonds. The van der Waals surface area contributed by atoms with E-state index in [-0.39, 0.29) is 6.04 Å². The largest absolute Gasteiger partial charge is 0.497 e. The number of aryl methyl sites for hydroxylation is 1. The molecule has 1 heterocycles. The first-order chi connectivity index (χ1) is 8.61. The number of methoxy groups -OCH3 is 1. The number of rotatable bonds is 4. The molecule has 2 aromatic rings. The molecule has 5 heteroatoms. The summed E-state index contributed by atoms with van der Waals surface area (Å²) in [5, 5.41) is 4.14. The quantitative estimate of drug-likeness (QED) is 0.943. The maximum absolute atomic E-state index is 6.21. The van der Waals surface area contributed by atoms with E-state index in [0.717, 1.165) is 27.9 Å². The average Bonchev–Trinajstić information content (AvgIpc) is 2.78. The Morgan fingerprint density at radius 3 is 2.83 bits per heavy atom. The minimum Gasteiger partial charge on any atom is -0.497 e. The van der Waals surface area contributed by atoms with Crippen molar-refractivity contribution in [2.75, 3.05) is 7.11 Å². The molecule has 2 N–H and O–H groups in total. The third kappa shape index (κ3) is 2.73. The van der Waals surface area contributed by atoms with Gasteiger partial charge in [0.2, 0.25) is 0 Å². The van der Waals surface area contributed by atoms with Crippen molar-refractivity contribution >= 4 is 15.9 Å². The van der Waals surface area contributed by atoms with Crippen LogP contribution in [0.5, 0.6) is 5.75 Å². The summed E-state index contributed by atoms with van der Waals surface area (Å²) in [6.45, 7) is 0. The average molecular weight is 310 g/mol. The van der Waals surface area contributed by atoms with Gasteiger partial charge in [0.15, 0.2) is 0 Å². The first-order valence-electron chi connectivity index (χ1n) is 5.67. The van der Waals surface area contributed by atoms with E-state index < -0.39 is 0 Å². The molecule has 0 spiro atoms. The lowest BCUT2D eigenvalue weighted by Gasteiger charge is -2.14. The fourth-order valence-corrected chi connectivity index (χ4v) is 2.33. The number of benzene rings is 1. The molecule has 1 unspecified atom stereocenters. The fraction of sp³-hybridized carbons (Fsp3) is 0.308. The van der Waals surface area contributed by atoms with Crippen LogP contribution in [0.25, 0.3) is 0 Å². The van der Waals surface area contributed by atoms with Crippen molar-refractivity contribution in [3.63, 3.8) is 0 Å².